The van der Waals surface area contributed by atoms with E-state index in [1.165, 1.54) is 37.5 Å². The first-order chi connectivity index (χ1) is 16.8. The van der Waals surface area contributed by atoms with E-state index in [-0.39, 0.29) is 13.2 Å². The molecule has 11 nitrogen and oxygen atoms in total. The Morgan fingerprint density at radius 1 is 0.667 bits per heavy atom. The summed E-state index contributed by atoms with van der Waals surface area (Å²) in [5.41, 5.74) is -2.49. The van der Waals surface area contributed by atoms with Gasteiger partial charge in [0.1, 0.15) is 13.2 Å². The van der Waals surface area contributed by atoms with Crippen LogP contribution in [-0.4, -0.2) is 97.7 Å². The van der Waals surface area contributed by atoms with Gasteiger partial charge >= 0.3 is 11.9 Å². The van der Waals surface area contributed by atoms with Crippen molar-refractivity contribution < 1.29 is 43.0 Å². The molecule has 0 aliphatic carbocycles. The molecule has 0 aromatic rings. The second-order valence-corrected chi connectivity index (χ2v) is 10.2. The van der Waals surface area contributed by atoms with Gasteiger partial charge in [0.25, 0.3) is 11.8 Å². The second-order valence-electron chi connectivity index (χ2n) is 10.2. The molecule has 2 amide bonds. The van der Waals surface area contributed by atoms with Crippen LogP contribution in [0.5, 0.6) is 0 Å². The maximum Gasteiger partial charge on any atom is 0.331 e. The van der Waals surface area contributed by atoms with Crippen LogP contribution in [0, 0.1) is 10.8 Å². The van der Waals surface area contributed by atoms with Crippen molar-refractivity contribution in [2.24, 2.45) is 10.8 Å². The first kappa shape index (κ1) is 29.2. The van der Waals surface area contributed by atoms with E-state index in [4.69, 9.17) is 14.2 Å². The fourth-order valence-electron chi connectivity index (χ4n) is 3.60. The first-order valence-corrected chi connectivity index (χ1v) is 12.1. The van der Waals surface area contributed by atoms with Crippen LogP contribution in [0.4, 0.5) is 0 Å². The predicted octanol–water partition coefficient (Wildman–Crippen LogP) is 0.691. The number of ketones is 2. The van der Waals surface area contributed by atoms with Gasteiger partial charge in [-0.15, -0.1) is 0 Å². The summed E-state index contributed by atoms with van der Waals surface area (Å²) in [7, 11) is 0. The third-order valence-corrected chi connectivity index (χ3v) is 6.07. The van der Waals surface area contributed by atoms with Gasteiger partial charge in [-0.25, -0.2) is 9.59 Å². The molecule has 2 saturated heterocycles. The van der Waals surface area contributed by atoms with Crippen molar-refractivity contribution in [1.29, 1.82) is 0 Å². The van der Waals surface area contributed by atoms with Crippen LogP contribution in [0.1, 0.15) is 47.0 Å². The number of likely N-dealkylation sites (tertiary alicyclic amines) is 1. The van der Waals surface area contributed by atoms with Crippen LogP contribution in [-0.2, 0) is 43.0 Å². The van der Waals surface area contributed by atoms with Crippen molar-refractivity contribution in [3.8, 4) is 0 Å². The lowest BCUT2D eigenvalue weighted by atomic mass is 9.88. The SMILES string of the molecule is CC(C)(COC(=O)/C=C/C(=O)OCC(C)(C)C(=O)C(=O)N1CCOCC1)C(=O)C(=O)N1CCCCC1. The quantitative estimate of drug-likeness (QED) is 0.237. The Hall–Kier alpha value is -3.08. The number of hydrogen-bond donors (Lipinski definition) is 0. The molecule has 2 aliphatic heterocycles. The number of amides is 2. The van der Waals surface area contributed by atoms with Crippen LogP contribution in [0.3, 0.4) is 0 Å². The van der Waals surface area contributed by atoms with Crippen LogP contribution in [0.25, 0.3) is 0 Å². The summed E-state index contributed by atoms with van der Waals surface area (Å²) in [5.74, 6) is -4.36. The monoisotopic (exact) mass is 508 g/mol. The lowest BCUT2D eigenvalue weighted by Gasteiger charge is -2.29. The van der Waals surface area contributed by atoms with Crippen molar-refractivity contribution >= 4 is 35.3 Å². The average molecular weight is 509 g/mol. The molecule has 0 bridgehead atoms. The van der Waals surface area contributed by atoms with Crippen molar-refractivity contribution in [3.63, 3.8) is 0 Å². The highest BCUT2D eigenvalue weighted by molar-refractivity contribution is 6.38. The zero-order valence-corrected chi connectivity index (χ0v) is 21.5. The summed E-state index contributed by atoms with van der Waals surface area (Å²) in [5, 5.41) is 0. The van der Waals surface area contributed by atoms with Gasteiger partial charge in [-0.05, 0) is 47.0 Å². The lowest BCUT2D eigenvalue weighted by Crippen LogP contribution is -2.48. The molecule has 0 aromatic carbocycles. The van der Waals surface area contributed by atoms with Gasteiger partial charge in [-0.2, -0.15) is 0 Å². The molecular weight excluding hydrogens is 472 g/mol. The zero-order chi connectivity index (χ0) is 26.9. The highest BCUT2D eigenvalue weighted by Crippen LogP contribution is 2.21. The third kappa shape index (κ3) is 8.25. The molecule has 0 N–H and O–H groups in total. The Kier molecular flexibility index (Phi) is 10.3. The molecule has 2 heterocycles. The highest BCUT2D eigenvalue weighted by Gasteiger charge is 2.38. The minimum atomic E-state index is -1.26. The first-order valence-electron chi connectivity index (χ1n) is 12.1. The number of esters is 2. The summed E-state index contributed by atoms with van der Waals surface area (Å²) < 4.78 is 15.3. The van der Waals surface area contributed by atoms with E-state index in [9.17, 15) is 28.8 Å². The van der Waals surface area contributed by atoms with Crippen LogP contribution >= 0.6 is 0 Å². The fourth-order valence-corrected chi connectivity index (χ4v) is 3.60. The molecule has 36 heavy (non-hydrogen) atoms. The molecule has 2 fully saturated rings. The summed E-state index contributed by atoms with van der Waals surface area (Å²) >= 11 is 0. The van der Waals surface area contributed by atoms with Crippen LogP contribution < -0.4 is 0 Å². The van der Waals surface area contributed by atoms with Gasteiger partial charge in [-0.1, -0.05) is 0 Å². The molecule has 0 unspecified atom stereocenters. The minimum Gasteiger partial charge on any atom is -0.461 e. The van der Waals surface area contributed by atoms with Gasteiger partial charge in [0, 0.05) is 38.3 Å². The van der Waals surface area contributed by atoms with Crippen LogP contribution in [0.2, 0.25) is 0 Å². The molecule has 2 rings (SSSR count). The Labute approximate surface area is 211 Å². The average Bonchev–Trinajstić information content (AvgIpc) is 2.88. The van der Waals surface area contributed by atoms with Gasteiger partial charge in [0.15, 0.2) is 0 Å². The fraction of sp³-hybridized carbons (Fsp3) is 0.680. The van der Waals surface area contributed by atoms with Crippen molar-refractivity contribution in [2.45, 2.75) is 47.0 Å². The Morgan fingerprint density at radius 3 is 1.47 bits per heavy atom. The summed E-state index contributed by atoms with van der Waals surface area (Å²) in [6.45, 7) is 7.73. The molecule has 2 aliphatic rings. The Balaban J connectivity index is 1.79. The van der Waals surface area contributed by atoms with E-state index in [1.54, 1.807) is 0 Å². The summed E-state index contributed by atoms with van der Waals surface area (Å²) in [6.07, 6.45) is 4.40. The molecule has 200 valence electrons. The normalized spacial score (nSPS) is 17.0. The Morgan fingerprint density at radius 2 is 1.06 bits per heavy atom. The predicted molar refractivity (Wildman–Crippen MR) is 126 cm³/mol. The van der Waals surface area contributed by atoms with Gasteiger partial charge in [-0.3, -0.25) is 19.2 Å². The van der Waals surface area contributed by atoms with E-state index >= 15 is 0 Å². The molecule has 0 saturated carbocycles. The van der Waals surface area contributed by atoms with Gasteiger partial charge < -0.3 is 24.0 Å². The Bertz CT molecular complexity index is 823. The number of piperidine rings is 1. The van der Waals surface area contributed by atoms with Crippen molar-refractivity contribution in [3.05, 3.63) is 12.2 Å². The third-order valence-electron chi connectivity index (χ3n) is 6.07. The van der Waals surface area contributed by atoms with Gasteiger partial charge in [0.2, 0.25) is 11.6 Å². The van der Waals surface area contributed by atoms with E-state index in [2.05, 4.69) is 0 Å². The molecule has 0 atom stereocenters. The van der Waals surface area contributed by atoms with E-state index in [0.717, 1.165) is 31.4 Å². The maximum absolute atomic E-state index is 12.6. The van der Waals surface area contributed by atoms with Crippen molar-refractivity contribution in [2.75, 3.05) is 52.6 Å². The summed E-state index contributed by atoms with van der Waals surface area (Å²) in [4.78, 5) is 76.9. The van der Waals surface area contributed by atoms with E-state index in [0.29, 0.717) is 39.4 Å². The standard InChI is InChI=1S/C25H36N2O9/c1-24(2,20(30)22(32)26-10-6-5-7-11-26)16-35-18(28)8-9-19(29)36-17-25(3,4)21(31)23(33)27-12-14-34-15-13-27/h8-9H,5-7,10-17H2,1-4H3/b9-8+. The largest absolute Gasteiger partial charge is 0.461 e. The molecule has 0 radical (unpaired) electrons. The van der Waals surface area contributed by atoms with Crippen molar-refractivity contribution in [1.82, 2.24) is 9.80 Å². The number of rotatable bonds is 10. The number of ether oxygens (including phenoxy) is 3. The number of hydrogen-bond acceptors (Lipinski definition) is 9. The number of nitrogens with zero attached hydrogens (tertiary/aromatic N) is 2. The molecule has 11 heteroatoms. The van der Waals surface area contributed by atoms with Crippen LogP contribution in [0.15, 0.2) is 12.2 Å². The van der Waals surface area contributed by atoms with E-state index in [1.807, 2.05) is 0 Å². The zero-order valence-electron chi connectivity index (χ0n) is 21.5. The summed E-state index contributed by atoms with van der Waals surface area (Å²) in [6, 6.07) is 0. The molecule has 0 aromatic heterocycles. The molecule has 0 spiro atoms. The minimum absolute atomic E-state index is 0.320. The maximum atomic E-state index is 12.6. The second kappa shape index (κ2) is 12.8. The number of Topliss-reactive ketones (excluding diaryl/α,β-unsaturated/α-hetero) is 2. The number of morpholine rings is 1. The lowest BCUT2D eigenvalue weighted by molar-refractivity contribution is -0.155. The smallest absolute Gasteiger partial charge is 0.331 e. The van der Waals surface area contributed by atoms with Gasteiger partial charge in [0.05, 0.1) is 24.0 Å². The topological polar surface area (TPSA) is 137 Å². The number of carbonyl (C=O) groups is 6. The number of carbonyl (C=O) groups excluding carboxylic acids is 6. The highest BCUT2D eigenvalue weighted by atomic mass is 16.5. The molecular formula is C25H36N2O9. The van der Waals surface area contributed by atoms with E-state index < -0.39 is 46.1 Å².